The van der Waals surface area contributed by atoms with Crippen LogP contribution >= 0.6 is 0 Å². The van der Waals surface area contributed by atoms with Gasteiger partial charge in [-0.05, 0) is 35.5 Å². The summed E-state index contributed by atoms with van der Waals surface area (Å²) in [6.07, 6.45) is -0.440. The Hall–Kier alpha value is -1.50. The average Bonchev–Trinajstić information content (AvgIpc) is 2.39. The molecule has 0 aromatic heterocycles. The van der Waals surface area contributed by atoms with E-state index in [0.717, 1.165) is 24.3 Å². The quantitative estimate of drug-likeness (QED) is 0.715. The van der Waals surface area contributed by atoms with E-state index in [1.54, 1.807) is 0 Å². The normalized spacial score (nSPS) is 30.0. The number of halogens is 6. The largest absolute Gasteiger partial charge is 0.372 e. The fourth-order valence-electron chi connectivity index (χ4n) is 1.81. The summed E-state index contributed by atoms with van der Waals surface area (Å²) in [6.45, 7) is -0.350. The van der Waals surface area contributed by atoms with Crippen LogP contribution in [-0.2, 0) is 4.74 Å². The molecule has 2 atom stereocenters. The van der Waals surface area contributed by atoms with E-state index in [4.69, 9.17) is 4.74 Å². The lowest BCUT2D eigenvalue weighted by Crippen LogP contribution is -2.29. The fraction of sp³-hybridized carbons (Fsp3) is 0.429. The van der Waals surface area contributed by atoms with E-state index in [9.17, 15) is 26.3 Å². The predicted octanol–water partition coefficient (Wildman–Crippen LogP) is 3.94. The van der Waals surface area contributed by atoms with E-state index in [-0.39, 0.29) is 24.4 Å². The number of hydrogen-bond acceptors (Lipinski definition) is 1. The van der Waals surface area contributed by atoms with Crippen LogP contribution in [-0.4, -0.2) is 37.4 Å². The zero-order valence-electron chi connectivity index (χ0n) is 10.7. The van der Waals surface area contributed by atoms with Gasteiger partial charge in [-0.15, -0.1) is 0 Å². The SMILES string of the molecule is FC1C=C(COCC2=CC(F)C(F)(F)C=C2)C=CC1(F)F. The lowest BCUT2D eigenvalue weighted by molar-refractivity contribution is -0.00897. The molecule has 0 aromatic rings. The molecule has 0 radical (unpaired) electrons. The van der Waals surface area contributed by atoms with Crippen LogP contribution in [0.3, 0.4) is 0 Å². The van der Waals surface area contributed by atoms with Gasteiger partial charge in [-0.3, -0.25) is 0 Å². The number of rotatable bonds is 4. The van der Waals surface area contributed by atoms with E-state index in [0.29, 0.717) is 12.2 Å². The van der Waals surface area contributed by atoms with Gasteiger partial charge < -0.3 is 4.74 Å². The van der Waals surface area contributed by atoms with E-state index < -0.39 is 24.2 Å². The van der Waals surface area contributed by atoms with E-state index in [1.165, 1.54) is 0 Å². The first-order valence-electron chi connectivity index (χ1n) is 6.12. The second-order valence-electron chi connectivity index (χ2n) is 4.80. The molecule has 21 heavy (non-hydrogen) atoms. The Kier molecular flexibility index (Phi) is 4.32. The molecule has 7 heteroatoms. The van der Waals surface area contributed by atoms with Gasteiger partial charge in [0, 0.05) is 0 Å². The molecule has 2 aliphatic carbocycles. The Morgan fingerprint density at radius 2 is 1.19 bits per heavy atom. The third-order valence-electron chi connectivity index (χ3n) is 3.03. The van der Waals surface area contributed by atoms with Crippen molar-refractivity contribution in [3.05, 3.63) is 47.6 Å². The van der Waals surface area contributed by atoms with Gasteiger partial charge in [0.1, 0.15) is 0 Å². The van der Waals surface area contributed by atoms with Crippen molar-refractivity contribution in [2.75, 3.05) is 13.2 Å². The molecule has 0 spiro atoms. The maximum atomic E-state index is 13.0. The van der Waals surface area contributed by atoms with Crippen molar-refractivity contribution in [2.45, 2.75) is 24.2 Å². The number of alkyl halides is 6. The molecule has 0 fully saturated rings. The maximum absolute atomic E-state index is 13.0. The summed E-state index contributed by atoms with van der Waals surface area (Å²) in [6, 6.07) is 0. The van der Waals surface area contributed by atoms with Crippen LogP contribution in [0.5, 0.6) is 0 Å². The zero-order valence-corrected chi connectivity index (χ0v) is 10.7. The minimum absolute atomic E-state index is 0.175. The highest BCUT2D eigenvalue weighted by atomic mass is 19.3. The third kappa shape index (κ3) is 3.78. The van der Waals surface area contributed by atoms with Crippen LogP contribution in [0.15, 0.2) is 47.6 Å². The van der Waals surface area contributed by atoms with Gasteiger partial charge >= 0.3 is 11.8 Å². The highest BCUT2D eigenvalue weighted by molar-refractivity contribution is 5.31. The minimum atomic E-state index is -3.54. The second-order valence-corrected chi connectivity index (χ2v) is 4.80. The molecular weight excluding hydrogens is 298 g/mol. The minimum Gasteiger partial charge on any atom is -0.372 e. The summed E-state index contributed by atoms with van der Waals surface area (Å²) in [5.41, 5.74) is 0.409. The van der Waals surface area contributed by atoms with Gasteiger partial charge in [-0.1, -0.05) is 12.2 Å². The first-order chi connectivity index (χ1) is 9.71. The van der Waals surface area contributed by atoms with Crippen molar-refractivity contribution < 1.29 is 31.1 Å². The average molecular weight is 310 g/mol. The van der Waals surface area contributed by atoms with Gasteiger partial charge in [-0.2, -0.15) is 17.6 Å². The maximum Gasteiger partial charge on any atom is 0.300 e. The smallest absolute Gasteiger partial charge is 0.300 e. The van der Waals surface area contributed by atoms with Gasteiger partial charge in [0.2, 0.25) is 0 Å². The molecule has 2 unspecified atom stereocenters. The first kappa shape index (κ1) is 15.9. The highest BCUT2D eigenvalue weighted by Crippen LogP contribution is 2.31. The Bertz CT molecular complexity index is 472. The molecule has 0 aliphatic heterocycles. The summed E-state index contributed by atoms with van der Waals surface area (Å²) in [5.74, 6) is -7.07. The van der Waals surface area contributed by atoms with Gasteiger partial charge in [0.15, 0.2) is 12.3 Å². The highest BCUT2D eigenvalue weighted by Gasteiger charge is 2.39. The lowest BCUT2D eigenvalue weighted by atomic mass is 10.0. The van der Waals surface area contributed by atoms with Crippen LogP contribution in [0.2, 0.25) is 0 Å². The first-order valence-corrected chi connectivity index (χ1v) is 6.12. The van der Waals surface area contributed by atoms with E-state index >= 15 is 0 Å². The Labute approximate surface area is 117 Å². The molecule has 2 rings (SSSR count). The van der Waals surface area contributed by atoms with Crippen LogP contribution in [0.4, 0.5) is 26.3 Å². The second kappa shape index (κ2) is 5.71. The molecule has 0 N–H and O–H groups in total. The Morgan fingerprint density at radius 3 is 1.52 bits per heavy atom. The fourth-order valence-corrected chi connectivity index (χ4v) is 1.81. The van der Waals surface area contributed by atoms with E-state index in [2.05, 4.69) is 0 Å². The van der Waals surface area contributed by atoms with Crippen molar-refractivity contribution in [1.29, 1.82) is 0 Å². The van der Waals surface area contributed by atoms with Crippen molar-refractivity contribution in [2.24, 2.45) is 0 Å². The summed E-state index contributed by atoms with van der Waals surface area (Å²) in [7, 11) is 0. The van der Waals surface area contributed by atoms with Crippen LogP contribution in [0, 0.1) is 0 Å². The Balaban J connectivity index is 1.84. The number of hydrogen-bond donors (Lipinski definition) is 0. The molecule has 0 aromatic carbocycles. The van der Waals surface area contributed by atoms with Crippen LogP contribution < -0.4 is 0 Å². The van der Waals surface area contributed by atoms with Gasteiger partial charge in [-0.25, -0.2) is 8.78 Å². The van der Waals surface area contributed by atoms with Crippen molar-refractivity contribution in [3.8, 4) is 0 Å². The summed E-state index contributed by atoms with van der Waals surface area (Å²) < 4.78 is 82.5. The van der Waals surface area contributed by atoms with Crippen LogP contribution in [0.1, 0.15) is 0 Å². The van der Waals surface area contributed by atoms with Crippen molar-refractivity contribution in [3.63, 3.8) is 0 Å². The lowest BCUT2D eigenvalue weighted by Gasteiger charge is -2.21. The van der Waals surface area contributed by atoms with Crippen molar-refractivity contribution in [1.82, 2.24) is 0 Å². The van der Waals surface area contributed by atoms with Crippen molar-refractivity contribution >= 4 is 0 Å². The number of ether oxygens (including phenoxy) is 1. The summed E-state index contributed by atoms with van der Waals surface area (Å²) in [5, 5.41) is 0. The van der Waals surface area contributed by atoms with E-state index in [1.807, 2.05) is 0 Å². The molecule has 0 bridgehead atoms. The topological polar surface area (TPSA) is 9.23 Å². The summed E-state index contributed by atoms with van der Waals surface area (Å²) in [4.78, 5) is 0. The monoisotopic (exact) mass is 310 g/mol. The molecule has 0 heterocycles. The molecule has 0 amide bonds. The predicted molar refractivity (Wildman–Crippen MR) is 65.0 cm³/mol. The molecule has 0 saturated heterocycles. The zero-order chi connectivity index (χ0) is 15.7. The van der Waals surface area contributed by atoms with Gasteiger partial charge in [0.25, 0.3) is 0 Å². The molecule has 0 saturated carbocycles. The molecule has 2 aliphatic rings. The molecule has 116 valence electrons. The third-order valence-corrected chi connectivity index (χ3v) is 3.03. The summed E-state index contributed by atoms with van der Waals surface area (Å²) >= 11 is 0. The molecular formula is C14H12F6O. The van der Waals surface area contributed by atoms with Crippen LogP contribution in [0.25, 0.3) is 0 Å². The number of allylic oxidation sites excluding steroid dienone is 4. The van der Waals surface area contributed by atoms with Gasteiger partial charge in [0.05, 0.1) is 13.2 Å². The Morgan fingerprint density at radius 1 is 0.810 bits per heavy atom. The standard InChI is InChI=1S/C14H12F6O/c15-11-5-9(1-3-13(11,17)18)7-21-8-10-2-4-14(19,20)12(16)6-10/h1-6,11-12H,7-8H2. The molecule has 1 nitrogen and oxygen atoms in total.